The van der Waals surface area contributed by atoms with Gasteiger partial charge in [0.1, 0.15) is 11.5 Å². The van der Waals surface area contributed by atoms with Crippen molar-refractivity contribution in [3.05, 3.63) is 54.1 Å². The minimum Gasteiger partial charge on any atom is -0.350 e. The van der Waals surface area contributed by atoms with Crippen LogP contribution in [0, 0.1) is 0 Å². The number of hydrogen-bond donors (Lipinski definition) is 3. The van der Waals surface area contributed by atoms with E-state index in [0.717, 1.165) is 11.4 Å². The van der Waals surface area contributed by atoms with Gasteiger partial charge in [-0.25, -0.2) is 4.98 Å². The van der Waals surface area contributed by atoms with Gasteiger partial charge < -0.3 is 5.32 Å². The zero-order valence-corrected chi connectivity index (χ0v) is 11.2. The summed E-state index contributed by atoms with van der Waals surface area (Å²) in [6, 6.07) is 11.4. The number of nitrogens with zero attached hydrogens (tertiary/aromatic N) is 3. The molecule has 1 aromatic carbocycles. The van der Waals surface area contributed by atoms with Gasteiger partial charge in [0.25, 0.3) is 5.91 Å². The maximum absolute atomic E-state index is 11.7. The highest BCUT2D eigenvalue weighted by Crippen LogP contribution is 2.13. The second-order valence-corrected chi connectivity index (χ2v) is 4.45. The van der Waals surface area contributed by atoms with Gasteiger partial charge in [-0.1, -0.05) is 30.3 Å². The molecule has 2 heterocycles. The molecule has 0 saturated heterocycles. The molecule has 0 bridgehead atoms. The number of amides is 1. The first kappa shape index (κ1) is 13.0. The number of hydrogen-bond acceptors (Lipinski definition) is 4. The van der Waals surface area contributed by atoms with Crippen LogP contribution in [-0.2, 0) is 6.42 Å². The summed E-state index contributed by atoms with van der Waals surface area (Å²) in [5, 5.41) is 16.2. The third-order valence-corrected chi connectivity index (χ3v) is 2.96. The third kappa shape index (κ3) is 3.14. The molecule has 3 rings (SSSR count). The van der Waals surface area contributed by atoms with Crippen LogP contribution in [0.15, 0.2) is 42.6 Å². The second-order valence-electron chi connectivity index (χ2n) is 4.45. The lowest BCUT2D eigenvalue weighted by Gasteiger charge is -2.00. The Hall–Kier alpha value is -2.96. The van der Waals surface area contributed by atoms with E-state index in [9.17, 15) is 4.79 Å². The largest absolute Gasteiger partial charge is 0.350 e. The molecule has 3 aromatic rings. The van der Waals surface area contributed by atoms with Crippen LogP contribution >= 0.6 is 0 Å². The summed E-state index contributed by atoms with van der Waals surface area (Å²) >= 11 is 0. The summed E-state index contributed by atoms with van der Waals surface area (Å²) in [6.07, 6.45) is 2.12. The molecule has 0 fully saturated rings. The Balaban J connectivity index is 1.55. The van der Waals surface area contributed by atoms with E-state index >= 15 is 0 Å². The molecule has 0 spiro atoms. The number of carbonyl (C=O) groups is 1. The average Bonchev–Trinajstić information content (AvgIpc) is 3.20. The molecule has 0 aliphatic rings. The molecule has 0 saturated carbocycles. The molecule has 7 heteroatoms. The molecule has 0 atom stereocenters. The first-order valence-corrected chi connectivity index (χ1v) is 6.57. The zero-order valence-electron chi connectivity index (χ0n) is 11.2. The van der Waals surface area contributed by atoms with Crippen LogP contribution in [0.5, 0.6) is 0 Å². The molecule has 0 aliphatic carbocycles. The first-order chi connectivity index (χ1) is 10.3. The number of benzene rings is 1. The third-order valence-electron chi connectivity index (χ3n) is 2.96. The maximum Gasteiger partial charge on any atom is 0.269 e. The summed E-state index contributed by atoms with van der Waals surface area (Å²) in [5.74, 6) is 1.21. The number of nitrogens with one attached hydrogen (secondary N) is 3. The Labute approximate surface area is 120 Å². The molecule has 21 heavy (non-hydrogen) atoms. The molecule has 3 N–H and O–H groups in total. The van der Waals surface area contributed by atoms with Gasteiger partial charge in [0.2, 0.25) is 0 Å². The van der Waals surface area contributed by atoms with E-state index in [4.69, 9.17) is 0 Å². The topological polar surface area (TPSA) is 99.3 Å². The van der Waals surface area contributed by atoms with Crippen molar-refractivity contribution >= 4 is 5.91 Å². The van der Waals surface area contributed by atoms with Gasteiger partial charge >= 0.3 is 0 Å². The van der Waals surface area contributed by atoms with Crippen molar-refractivity contribution in [2.75, 3.05) is 6.54 Å². The first-order valence-electron chi connectivity index (χ1n) is 6.57. The van der Waals surface area contributed by atoms with Crippen LogP contribution in [0.3, 0.4) is 0 Å². The zero-order chi connectivity index (χ0) is 14.5. The number of aromatic amines is 2. The lowest BCUT2D eigenvalue weighted by molar-refractivity contribution is 0.0949. The number of H-pyrrole nitrogens is 2. The Morgan fingerprint density at radius 1 is 1.14 bits per heavy atom. The van der Waals surface area contributed by atoms with Crippen LogP contribution in [0.25, 0.3) is 11.4 Å². The summed E-state index contributed by atoms with van der Waals surface area (Å²) in [6.45, 7) is 0.473. The van der Waals surface area contributed by atoms with E-state index in [-0.39, 0.29) is 5.91 Å². The van der Waals surface area contributed by atoms with Crippen LogP contribution in [0.1, 0.15) is 16.3 Å². The minimum absolute atomic E-state index is 0.185. The van der Waals surface area contributed by atoms with Crippen molar-refractivity contribution < 1.29 is 4.79 Å². The Morgan fingerprint density at radius 2 is 2.00 bits per heavy atom. The predicted molar refractivity (Wildman–Crippen MR) is 76.4 cm³/mol. The highest BCUT2D eigenvalue weighted by molar-refractivity contribution is 5.92. The number of aromatic nitrogens is 5. The van der Waals surface area contributed by atoms with Crippen LogP contribution in [0.2, 0.25) is 0 Å². The van der Waals surface area contributed by atoms with Crippen molar-refractivity contribution in [2.45, 2.75) is 6.42 Å². The molecular weight excluding hydrogens is 268 g/mol. The molecule has 0 unspecified atom stereocenters. The average molecular weight is 282 g/mol. The number of carbonyl (C=O) groups excluding carboxylic acids is 1. The summed E-state index contributed by atoms with van der Waals surface area (Å²) in [4.78, 5) is 16.1. The lowest BCUT2D eigenvalue weighted by Crippen LogP contribution is -2.26. The smallest absolute Gasteiger partial charge is 0.269 e. The molecule has 2 aromatic heterocycles. The van der Waals surface area contributed by atoms with E-state index in [1.54, 1.807) is 6.07 Å². The van der Waals surface area contributed by atoms with Crippen LogP contribution in [-0.4, -0.2) is 37.8 Å². The van der Waals surface area contributed by atoms with Gasteiger partial charge in [-0.05, 0) is 6.07 Å². The van der Waals surface area contributed by atoms with Crippen LogP contribution in [0.4, 0.5) is 0 Å². The van der Waals surface area contributed by atoms with Crippen molar-refractivity contribution in [2.24, 2.45) is 0 Å². The second kappa shape index (κ2) is 6.00. The molecular formula is C14H14N6O. The fraction of sp³-hybridized carbons (Fsp3) is 0.143. The lowest BCUT2D eigenvalue weighted by atomic mass is 10.2. The Kier molecular flexibility index (Phi) is 3.72. The highest BCUT2D eigenvalue weighted by atomic mass is 16.1. The van der Waals surface area contributed by atoms with Gasteiger partial charge in [0.15, 0.2) is 5.82 Å². The van der Waals surface area contributed by atoms with E-state index in [0.29, 0.717) is 24.5 Å². The monoisotopic (exact) mass is 282 g/mol. The molecule has 0 radical (unpaired) electrons. The Bertz CT molecular complexity index is 704. The molecule has 7 nitrogen and oxygen atoms in total. The maximum atomic E-state index is 11.7. The van der Waals surface area contributed by atoms with E-state index in [2.05, 4.69) is 30.7 Å². The van der Waals surface area contributed by atoms with Crippen molar-refractivity contribution in [1.29, 1.82) is 0 Å². The summed E-state index contributed by atoms with van der Waals surface area (Å²) in [7, 11) is 0. The fourth-order valence-corrected chi connectivity index (χ4v) is 1.90. The van der Waals surface area contributed by atoms with Crippen molar-refractivity contribution in [3.63, 3.8) is 0 Å². The standard InChI is InChI=1S/C14H14N6O/c21-14(11-6-9-16-18-11)15-8-7-12-17-13(20-19-12)10-4-2-1-3-5-10/h1-6,9H,7-8H2,(H,15,21)(H,16,18)(H,17,19,20). The predicted octanol–water partition coefficient (Wildman–Crippen LogP) is 1.17. The van der Waals surface area contributed by atoms with Crippen molar-refractivity contribution in [3.8, 4) is 11.4 Å². The SMILES string of the molecule is O=C(NCCc1nc(-c2ccccc2)n[nH]1)c1ccn[nH]1. The quantitative estimate of drug-likeness (QED) is 0.654. The van der Waals surface area contributed by atoms with E-state index < -0.39 is 0 Å². The Morgan fingerprint density at radius 3 is 2.76 bits per heavy atom. The number of rotatable bonds is 5. The van der Waals surface area contributed by atoms with Gasteiger partial charge in [0, 0.05) is 24.7 Å². The highest BCUT2D eigenvalue weighted by Gasteiger charge is 2.08. The normalized spacial score (nSPS) is 10.5. The van der Waals surface area contributed by atoms with Crippen LogP contribution < -0.4 is 5.32 Å². The molecule has 1 amide bonds. The molecule has 106 valence electrons. The van der Waals surface area contributed by atoms with E-state index in [1.165, 1.54) is 6.20 Å². The van der Waals surface area contributed by atoms with Gasteiger partial charge in [0.05, 0.1) is 0 Å². The van der Waals surface area contributed by atoms with Crippen molar-refractivity contribution in [1.82, 2.24) is 30.7 Å². The van der Waals surface area contributed by atoms with Gasteiger partial charge in [-0.3, -0.25) is 15.0 Å². The fourth-order valence-electron chi connectivity index (χ4n) is 1.90. The van der Waals surface area contributed by atoms with Gasteiger partial charge in [-0.2, -0.15) is 10.2 Å². The van der Waals surface area contributed by atoms with E-state index in [1.807, 2.05) is 30.3 Å². The summed E-state index contributed by atoms with van der Waals surface area (Å²) < 4.78 is 0. The molecule has 0 aliphatic heterocycles. The minimum atomic E-state index is -0.185. The summed E-state index contributed by atoms with van der Waals surface area (Å²) in [5.41, 5.74) is 1.40. The van der Waals surface area contributed by atoms with Gasteiger partial charge in [-0.15, -0.1) is 0 Å².